The molecular weight excluding hydrogens is 198 g/mol. The minimum Gasteiger partial charge on any atom is -0.492 e. The molecule has 2 nitrogen and oxygen atoms in total. The third-order valence-electron chi connectivity index (χ3n) is 1.93. The van der Waals surface area contributed by atoms with E-state index in [0.717, 1.165) is 28.6 Å². The first-order valence-electron chi connectivity index (χ1n) is 4.85. The van der Waals surface area contributed by atoms with E-state index >= 15 is 0 Å². The molecule has 3 heteroatoms. The molecule has 0 amide bonds. The molecule has 0 saturated carbocycles. The van der Waals surface area contributed by atoms with Crippen LogP contribution in [-0.2, 0) is 0 Å². The number of hydrogen-bond acceptors (Lipinski definition) is 2. The Hall–Kier alpha value is -0.890. The molecule has 0 aliphatic carbocycles. The van der Waals surface area contributed by atoms with Gasteiger partial charge in [-0.3, -0.25) is 0 Å². The van der Waals surface area contributed by atoms with E-state index < -0.39 is 0 Å². The maximum Gasteiger partial charge on any atom is 0.142 e. The minimum atomic E-state index is 0.666. The Morgan fingerprint density at radius 2 is 2.07 bits per heavy atom. The molecule has 0 aromatic heterocycles. The van der Waals surface area contributed by atoms with Gasteiger partial charge >= 0.3 is 0 Å². The van der Waals surface area contributed by atoms with Crippen molar-refractivity contribution >= 4 is 17.3 Å². The van der Waals surface area contributed by atoms with Gasteiger partial charge in [-0.1, -0.05) is 11.6 Å². The summed E-state index contributed by atoms with van der Waals surface area (Å²) in [4.78, 5) is 0. The monoisotopic (exact) mass is 213 g/mol. The number of nitrogens with one attached hydrogen (secondary N) is 1. The number of anilines is 1. The van der Waals surface area contributed by atoms with Crippen molar-refractivity contribution in [1.82, 2.24) is 0 Å². The molecule has 0 fully saturated rings. The summed E-state index contributed by atoms with van der Waals surface area (Å²) >= 11 is 6.03. The normalized spacial score (nSPS) is 10.0. The number of benzene rings is 1. The fourth-order valence-electron chi connectivity index (χ4n) is 1.26. The third-order valence-corrected chi connectivity index (χ3v) is 2.34. The Bertz CT molecular complexity index is 281. The zero-order valence-electron chi connectivity index (χ0n) is 8.86. The predicted octanol–water partition coefficient (Wildman–Crippen LogP) is 3.48. The Labute approximate surface area is 90.2 Å². The van der Waals surface area contributed by atoms with E-state index in [4.69, 9.17) is 16.3 Å². The van der Waals surface area contributed by atoms with Crippen LogP contribution in [0.3, 0.4) is 0 Å². The van der Waals surface area contributed by atoms with Crippen molar-refractivity contribution in [2.24, 2.45) is 0 Å². The van der Waals surface area contributed by atoms with Crippen molar-refractivity contribution < 1.29 is 4.74 Å². The second kappa shape index (κ2) is 5.11. The second-order valence-corrected chi connectivity index (χ2v) is 3.47. The van der Waals surface area contributed by atoms with Gasteiger partial charge in [0.1, 0.15) is 5.75 Å². The van der Waals surface area contributed by atoms with Crippen molar-refractivity contribution in [1.29, 1.82) is 0 Å². The summed E-state index contributed by atoms with van der Waals surface area (Å²) in [7, 11) is 0. The first-order chi connectivity index (χ1) is 6.69. The van der Waals surface area contributed by atoms with E-state index in [1.807, 2.05) is 32.9 Å². The smallest absolute Gasteiger partial charge is 0.142 e. The molecule has 1 aromatic rings. The average Bonchev–Trinajstić information content (AvgIpc) is 2.14. The maximum absolute atomic E-state index is 6.03. The Balaban J connectivity index is 3.03. The molecule has 0 unspecified atom stereocenters. The van der Waals surface area contributed by atoms with Crippen LogP contribution >= 0.6 is 11.6 Å². The molecule has 1 aromatic carbocycles. The Kier molecular flexibility index (Phi) is 4.08. The molecule has 0 atom stereocenters. The van der Waals surface area contributed by atoms with E-state index in [1.165, 1.54) is 0 Å². The van der Waals surface area contributed by atoms with Crippen molar-refractivity contribution in [3.05, 3.63) is 22.7 Å². The van der Waals surface area contributed by atoms with Gasteiger partial charge in [-0.05, 0) is 38.5 Å². The van der Waals surface area contributed by atoms with E-state index in [9.17, 15) is 0 Å². The third kappa shape index (κ3) is 2.55. The molecule has 0 aliphatic rings. The lowest BCUT2D eigenvalue weighted by Gasteiger charge is -2.12. The summed E-state index contributed by atoms with van der Waals surface area (Å²) in [6.07, 6.45) is 0. The van der Waals surface area contributed by atoms with Gasteiger partial charge in [-0.25, -0.2) is 0 Å². The lowest BCUT2D eigenvalue weighted by atomic mass is 10.2. The first kappa shape index (κ1) is 11.2. The molecule has 0 saturated heterocycles. The highest BCUT2D eigenvalue weighted by Crippen LogP contribution is 2.30. The largest absolute Gasteiger partial charge is 0.492 e. The van der Waals surface area contributed by atoms with Gasteiger partial charge in [0.05, 0.1) is 12.3 Å². The molecule has 14 heavy (non-hydrogen) atoms. The van der Waals surface area contributed by atoms with Crippen molar-refractivity contribution in [2.75, 3.05) is 18.5 Å². The quantitative estimate of drug-likeness (QED) is 0.827. The molecule has 1 rings (SSSR count). The zero-order valence-corrected chi connectivity index (χ0v) is 9.61. The minimum absolute atomic E-state index is 0.666. The zero-order chi connectivity index (χ0) is 10.6. The fourth-order valence-corrected chi connectivity index (χ4v) is 1.42. The number of rotatable bonds is 4. The van der Waals surface area contributed by atoms with Crippen LogP contribution in [0.15, 0.2) is 12.1 Å². The van der Waals surface area contributed by atoms with Crippen molar-refractivity contribution in [3.8, 4) is 5.75 Å². The standard InChI is InChI=1S/C11H16ClNO/c1-4-13-10-7-9(12)8(3)6-11(10)14-5-2/h6-7,13H,4-5H2,1-3H3. The van der Waals surface area contributed by atoms with E-state index in [1.54, 1.807) is 0 Å². The van der Waals surface area contributed by atoms with Crippen LogP contribution in [0.5, 0.6) is 5.75 Å². The molecule has 0 radical (unpaired) electrons. The summed E-state index contributed by atoms with van der Waals surface area (Å²) < 4.78 is 5.50. The van der Waals surface area contributed by atoms with Crippen LogP contribution in [-0.4, -0.2) is 13.2 Å². The average molecular weight is 214 g/mol. The molecule has 0 aliphatic heterocycles. The maximum atomic E-state index is 6.03. The summed E-state index contributed by atoms with van der Waals surface area (Å²) in [6.45, 7) is 7.52. The molecule has 0 spiro atoms. The van der Waals surface area contributed by atoms with E-state index in [2.05, 4.69) is 5.32 Å². The Morgan fingerprint density at radius 1 is 1.36 bits per heavy atom. The van der Waals surface area contributed by atoms with Gasteiger partial charge in [0.25, 0.3) is 0 Å². The van der Waals surface area contributed by atoms with Crippen LogP contribution in [0.2, 0.25) is 5.02 Å². The van der Waals surface area contributed by atoms with Gasteiger partial charge in [0.15, 0.2) is 0 Å². The van der Waals surface area contributed by atoms with Crippen LogP contribution in [0.4, 0.5) is 5.69 Å². The molecular formula is C11H16ClNO. The van der Waals surface area contributed by atoms with Gasteiger partial charge in [-0.15, -0.1) is 0 Å². The number of halogens is 1. The second-order valence-electron chi connectivity index (χ2n) is 3.06. The van der Waals surface area contributed by atoms with Crippen LogP contribution < -0.4 is 10.1 Å². The number of ether oxygens (including phenoxy) is 1. The summed E-state index contributed by atoms with van der Waals surface area (Å²) in [5, 5.41) is 3.99. The lowest BCUT2D eigenvalue weighted by Crippen LogP contribution is -2.02. The number of hydrogen-bond donors (Lipinski definition) is 1. The lowest BCUT2D eigenvalue weighted by molar-refractivity contribution is 0.341. The van der Waals surface area contributed by atoms with Gasteiger partial charge in [0.2, 0.25) is 0 Å². The Morgan fingerprint density at radius 3 is 2.64 bits per heavy atom. The molecule has 1 N–H and O–H groups in total. The van der Waals surface area contributed by atoms with Crippen LogP contribution in [0.1, 0.15) is 19.4 Å². The summed E-state index contributed by atoms with van der Waals surface area (Å²) in [5.74, 6) is 0.872. The SMILES string of the molecule is CCNc1cc(Cl)c(C)cc1OCC. The topological polar surface area (TPSA) is 21.3 Å². The molecule has 0 bridgehead atoms. The highest BCUT2D eigenvalue weighted by atomic mass is 35.5. The fraction of sp³-hybridized carbons (Fsp3) is 0.455. The van der Waals surface area contributed by atoms with Gasteiger partial charge in [-0.2, -0.15) is 0 Å². The van der Waals surface area contributed by atoms with Crippen LogP contribution in [0, 0.1) is 6.92 Å². The van der Waals surface area contributed by atoms with Gasteiger partial charge in [0, 0.05) is 11.6 Å². The first-order valence-corrected chi connectivity index (χ1v) is 5.23. The van der Waals surface area contributed by atoms with Crippen molar-refractivity contribution in [2.45, 2.75) is 20.8 Å². The highest BCUT2D eigenvalue weighted by molar-refractivity contribution is 6.31. The summed E-state index contributed by atoms with van der Waals surface area (Å²) in [6, 6.07) is 3.87. The highest BCUT2D eigenvalue weighted by Gasteiger charge is 2.05. The molecule has 78 valence electrons. The van der Waals surface area contributed by atoms with E-state index in [-0.39, 0.29) is 0 Å². The molecule has 0 heterocycles. The predicted molar refractivity (Wildman–Crippen MR) is 61.5 cm³/mol. The summed E-state index contributed by atoms with van der Waals surface area (Å²) in [5.41, 5.74) is 2.00. The van der Waals surface area contributed by atoms with Gasteiger partial charge < -0.3 is 10.1 Å². The van der Waals surface area contributed by atoms with E-state index in [0.29, 0.717) is 6.61 Å². The number of aryl methyl sites for hydroxylation is 1. The van der Waals surface area contributed by atoms with Crippen molar-refractivity contribution in [3.63, 3.8) is 0 Å². The van der Waals surface area contributed by atoms with Crippen LogP contribution in [0.25, 0.3) is 0 Å².